The van der Waals surface area contributed by atoms with Crippen LogP contribution < -0.4 is 0 Å². The predicted molar refractivity (Wildman–Crippen MR) is 77.4 cm³/mol. The molecule has 16 heavy (non-hydrogen) atoms. The van der Waals surface area contributed by atoms with E-state index in [0.717, 1.165) is 0 Å². The highest BCUT2D eigenvalue weighted by Crippen LogP contribution is 2.55. The molecule has 0 aromatic carbocycles. The summed E-state index contributed by atoms with van der Waals surface area (Å²) in [5, 5.41) is 0.566. The fraction of sp³-hybridized carbons (Fsp3) is 1.00. The van der Waals surface area contributed by atoms with Gasteiger partial charge in [-0.15, -0.1) is 0 Å². The standard InChI is InChI=1S/C15H32B/c1-12(2,3)11-15(10,13(4,5)6)16-14(7,8)9/h11H2,1-10H3. The summed E-state index contributed by atoms with van der Waals surface area (Å²) < 4.78 is 0. The van der Waals surface area contributed by atoms with E-state index >= 15 is 0 Å². The van der Waals surface area contributed by atoms with Gasteiger partial charge in [0.15, 0.2) is 0 Å². The molecule has 0 saturated carbocycles. The van der Waals surface area contributed by atoms with Crippen molar-refractivity contribution in [2.75, 3.05) is 0 Å². The molecule has 0 heterocycles. The molecule has 1 atom stereocenters. The van der Waals surface area contributed by atoms with Gasteiger partial charge < -0.3 is 0 Å². The molecular weight excluding hydrogens is 191 g/mol. The van der Waals surface area contributed by atoms with Gasteiger partial charge in [0.25, 0.3) is 0 Å². The van der Waals surface area contributed by atoms with Gasteiger partial charge in [0.1, 0.15) is 7.28 Å². The molecule has 0 spiro atoms. The lowest BCUT2D eigenvalue weighted by Gasteiger charge is -2.48. The first kappa shape index (κ1) is 16.1. The minimum absolute atomic E-state index is 0.281. The molecule has 0 rings (SSSR count). The minimum atomic E-state index is 0.281. The molecule has 0 aromatic rings. The van der Waals surface area contributed by atoms with Crippen molar-refractivity contribution in [2.24, 2.45) is 10.8 Å². The maximum absolute atomic E-state index is 2.56. The van der Waals surface area contributed by atoms with Crippen LogP contribution in [0.4, 0.5) is 0 Å². The van der Waals surface area contributed by atoms with Gasteiger partial charge in [-0.1, -0.05) is 79.9 Å². The first-order valence-electron chi connectivity index (χ1n) is 6.53. The number of hydrogen-bond donors (Lipinski definition) is 0. The Morgan fingerprint density at radius 3 is 1.25 bits per heavy atom. The summed E-state index contributed by atoms with van der Waals surface area (Å²) in [5.74, 6) is 0. The van der Waals surface area contributed by atoms with E-state index in [1.54, 1.807) is 0 Å². The maximum Gasteiger partial charge on any atom is 0.125 e. The van der Waals surface area contributed by atoms with Crippen molar-refractivity contribution in [3.8, 4) is 0 Å². The maximum atomic E-state index is 2.56. The van der Waals surface area contributed by atoms with Gasteiger partial charge in [0.2, 0.25) is 0 Å². The molecule has 0 aliphatic heterocycles. The Morgan fingerprint density at radius 1 is 0.688 bits per heavy atom. The molecule has 0 amide bonds. The fourth-order valence-electron chi connectivity index (χ4n) is 2.59. The third-order valence-electron chi connectivity index (χ3n) is 3.36. The average Bonchev–Trinajstić information content (AvgIpc) is 1.72. The zero-order valence-electron chi connectivity index (χ0n) is 13.3. The van der Waals surface area contributed by atoms with E-state index in [1.807, 2.05) is 0 Å². The summed E-state index contributed by atoms with van der Waals surface area (Å²) in [4.78, 5) is 0. The van der Waals surface area contributed by atoms with Crippen LogP contribution in [-0.2, 0) is 0 Å². The van der Waals surface area contributed by atoms with Crippen molar-refractivity contribution >= 4 is 7.28 Å². The lowest BCUT2D eigenvalue weighted by Crippen LogP contribution is -2.38. The van der Waals surface area contributed by atoms with Crippen molar-refractivity contribution < 1.29 is 0 Å². The SMILES string of the molecule is CC(C)(C)[B]C(C)(CC(C)(C)C)C(C)(C)C. The molecule has 0 bridgehead atoms. The summed E-state index contributed by atoms with van der Waals surface area (Å²) in [6.07, 6.45) is 1.24. The van der Waals surface area contributed by atoms with E-state index in [2.05, 4.69) is 76.5 Å². The van der Waals surface area contributed by atoms with Crippen LogP contribution in [0.25, 0.3) is 0 Å². The zero-order valence-corrected chi connectivity index (χ0v) is 13.3. The van der Waals surface area contributed by atoms with Crippen molar-refractivity contribution in [1.29, 1.82) is 0 Å². The van der Waals surface area contributed by atoms with E-state index < -0.39 is 0 Å². The molecule has 0 aliphatic carbocycles. The third kappa shape index (κ3) is 5.41. The topological polar surface area (TPSA) is 0 Å². The van der Waals surface area contributed by atoms with Crippen LogP contribution in [0.3, 0.4) is 0 Å². The first-order valence-corrected chi connectivity index (χ1v) is 6.53. The highest BCUT2D eigenvalue weighted by atomic mass is 14.4. The number of rotatable bonds is 2. The predicted octanol–water partition coefficient (Wildman–Crippen LogP) is 5.57. The Bertz CT molecular complexity index is 203. The van der Waals surface area contributed by atoms with Crippen molar-refractivity contribution in [3.63, 3.8) is 0 Å². The largest absolute Gasteiger partial charge is 0.125 e. The van der Waals surface area contributed by atoms with Crippen molar-refractivity contribution in [3.05, 3.63) is 0 Å². The van der Waals surface area contributed by atoms with Crippen molar-refractivity contribution in [1.82, 2.24) is 0 Å². The van der Waals surface area contributed by atoms with Crippen LogP contribution in [-0.4, -0.2) is 7.28 Å². The van der Waals surface area contributed by atoms with Crippen LogP contribution in [0.1, 0.15) is 75.7 Å². The summed E-state index contributed by atoms with van der Waals surface area (Å²) in [6, 6.07) is 0. The van der Waals surface area contributed by atoms with Gasteiger partial charge in [-0.3, -0.25) is 0 Å². The molecule has 0 aromatic heterocycles. The molecule has 1 heteroatoms. The normalized spacial score (nSPS) is 18.1. The minimum Gasteiger partial charge on any atom is -0.0674 e. The van der Waals surface area contributed by atoms with Gasteiger partial charge in [0, 0.05) is 0 Å². The molecule has 0 nitrogen and oxygen atoms in total. The van der Waals surface area contributed by atoms with Crippen molar-refractivity contribution in [2.45, 2.75) is 86.3 Å². The summed E-state index contributed by atoms with van der Waals surface area (Å²) in [7, 11) is 2.56. The second-order valence-corrected chi connectivity index (χ2v) is 8.92. The highest BCUT2D eigenvalue weighted by molar-refractivity contribution is 6.44. The van der Waals surface area contributed by atoms with E-state index in [9.17, 15) is 0 Å². The zero-order chi connectivity index (χ0) is 13.4. The monoisotopic (exact) mass is 223 g/mol. The lowest BCUT2D eigenvalue weighted by atomic mass is 9.33. The first-order chi connectivity index (χ1) is 6.66. The molecule has 95 valence electrons. The second kappa shape index (κ2) is 4.39. The highest BCUT2D eigenvalue weighted by Gasteiger charge is 2.43. The van der Waals surface area contributed by atoms with Crippen LogP contribution in [0, 0.1) is 10.8 Å². The molecule has 0 N–H and O–H groups in total. The van der Waals surface area contributed by atoms with Gasteiger partial charge in [-0.2, -0.15) is 0 Å². The van der Waals surface area contributed by atoms with Gasteiger partial charge in [-0.25, -0.2) is 0 Å². The van der Waals surface area contributed by atoms with Gasteiger partial charge >= 0.3 is 0 Å². The Labute approximate surface area is 105 Å². The molecule has 0 saturated heterocycles. The van der Waals surface area contributed by atoms with E-state index in [1.165, 1.54) is 6.42 Å². The fourth-order valence-corrected chi connectivity index (χ4v) is 2.59. The lowest BCUT2D eigenvalue weighted by molar-refractivity contribution is 0.193. The second-order valence-electron chi connectivity index (χ2n) is 8.92. The Morgan fingerprint density at radius 2 is 1.06 bits per heavy atom. The van der Waals surface area contributed by atoms with E-state index in [-0.39, 0.29) is 10.6 Å². The smallest absolute Gasteiger partial charge is 0.0674 e. The Hall–Kier alpha value is 0.0649. The van der Waals surface area contributed by atoms with Crippen LogP contribution in [0.15, 0.2) is 0 Å². The van der Waals surface area contributed by atoms with Gasteiger partial charge in [0.05, 0.1) is 0 Å². The van der Waals surface area contributed by atoms with E-state index in [4.69, 9.17) is 0 Å². The summed E-state index contributed by atoms with van der Waals surface area (Å²) >= 11 is 0. The number of hydrogen-bond acceptors (Lipinski definition) is 0. The molecule has 0 fully saturated rings. The Kier molecular flexibility index (Phi) is 4.40. The molecule has 0 aliphatic rings. The van der Waals surface area contributed by atoms with Crippen LogP contribution >= 0.6 is 0 Å². The van der Waals surface area contributed by atoms with Crippen LogP contribution in [0.2, 0.25) is 10.6 Å². The molecular formula is C15H32B. The Balaban J connectivity index is 5.07. The quantitative estimate of drug-likeness (QED) is 0.537. The summed E-state index contributed by atoms with van der Waals surface area (Å²) in [5.41, 5.74) is 0.692. The summed E-state index contributed by atoms with van der Waals surface area (Å²) in [6.45, 7) is 23.4. The van der Waals surface area contributed by atoms with Crippen LogP contribution in [0.5, 0.6) is 0 Å². The average molecular weight is 223 g/mol. The molecule has 1 radical (unpaired) electrons. The van der Waals surface area contributed by atoms with Gasteiger partial charge in [-0.05, 0) is 17.3 Å². The van der Waals surface area contributed by atoms with E-state index in [0.29, 0.717) is 10.8 Å². The molecule has 1 unspecified atom stereocenters. The third-order valence-corrected chi connectivity index (χ3v) is 3.36.